The number of nitrogens with one attached hydrogen (secondary N) is 1. The zero-order chi connectivity index (χ0) is 13.0. The Balaban J connectivity index is 2.04. The third-order valence-corrected chi connectivity index (χ3v) is 4.04. The van der Waals surface area contributed by atoms with Gasteiger partial charge in [0.25, 0.3) is 5.91 Å². The number of nitrogens with zero attached hydrogens (tertiary/aromatic N) is 1. The van der Waals surface area contributed by atoms with E-state index in [1.54, 1.807) is 0 Å². The molecule has 18 heavy (non-hydrogen) atoms. The number of hydrogen-bond donors (Lipinski definition) is 1. The van der Waals surface area contributed by atoms with Crippen LogP contribution < -0.4 is 5.32 Å². The van der Waals surface area contributed by atoms with E-state index in [0.29, 0.717) is 5.92 Å². The van der Waals surface area contributed by atoms with Crippen molar-refractivity contribution in [2.24, 2.45) is 5.92 Å². The number of amides is 1. The van der Waals surface area contributed by atoms with Crippen LogP contribution in [0.2, 0.25) is 0 Å². The van der Waals surface area contributed by atoms with E-state index in [2.05, 4.69) is 27.9 Å². The Morgan fingerprint density at radius 1 is 1.56 bits per heavy atom. The van der Waals surface area contributed by atoms with Gasteiger partial charge in [-0.25, -0.2) is 0 Å². The van der Waals surface area contributed by atoms with E-state index >= 15 is 0 Å². The van der Waals surface area contributed by atoms with Crippen LogP contribution in [0.4, 0.5) is 0 Å². The van der Waals surface area contributed by atoms with E-state index in [9.17, 15) is 4.79 Å². The van der Waals surface area contributed by atoms with Gasteiger partial charge in [-0.05, 0) is 73.1 Å². The van der Waals surface area contributed by atoms with E-state index < -0.39 is 0 Å². The minimum Gasteiger partial charge on any atom is -0.338 e. The molecular weight excluding hydrogens is 339 g/mol. The first kappa shape index (κ1) is 13.8. The summed E-state index contributed by atoms with van der Waals surface area (Å²) in [5, 5.41) is 3.21. The number of carbonyl (C=O) groups is 1. The van der Waals surface area contributed by atoms with E-state index in [-0.39, 0.29) is 5.91 Å². The molecule has 1 unspecified atom stereocenters. The summed E-state index contributed by atoms with van der Waals surface area (Å²) in [6, 6.07) is 7.83. The molecule has 0 spiro atoms. The second kappa shape index (κ2) is 6.52. The molecule has 1 atom stereocenters. The van der Waals surface area contributed by atoms with Crippen molar-refractivity contribution in [3.05, 3.63) is 33.4 Å². The highest BCUT2D eigenvalue weighted by molar-refractivity contribution is 14.1. The molecule has 1 aromatic rings. The lowest BCUT2D eigenvalue weighted by Crippen LogP contribution is -2.42. The number of halogens is 1. The van der Waals surface area contributed by atoms with Crippen molar-refractivity contribution in [3.63, 3.8) is 0 Å². The first-order valence-electron chi connectivity index (χ1n) is 6.40. The molecule has 1 heterocycles. The molecule has 1 aliphatic heterocycles. The maximum atomic E-state index is 12.4. The summed E-state index contributed by atoms with van der Waals surface area (Å²) in [7, 11) is 1.97. The number of likely N-dealkylation sites (tertiary alicyclic amines) is 1. The highest BCUT2D eigenvalue weighted by Gasteiger charge is 2.23. The molecule has 2 rings (SSSR count). The maximum Gasteiger partial charge on any atom is 0.253 e. The van der Waals surface area contributed by atoms with Crippen molar-refractivity contribution >= 4 is 28.5 Å². The monoisotopic (exact) mass is 358 g/mol. The van der Waals surface area contributed by atoms with E-state index in [1.165, 1.54) is 6.42 Å². The molecule has 0 saturated carbocycles. The van der Waals surface area contributed by atoms with Crippen molar-refractivity contribution in [2.75, 3.05) is 26.7 Å². The lowest BCUT2D eigenvalue weighted by molar-refractivity contribution is 0.0674. The van der Waals surface area contributed by atoms with E-state index in [4.69, 9.17) is 0 Å². The van der Waals surface area contributed by atoms with Crippen molar-refractivity contribution in [1.82, 2.24) is 10.2 Å². The molecule has 1 amide bonds. The van der Waals surface area contributed by atoms with E-state index in [0.717, 1.165) is 35.2 Å². The Kier molecular flexibility index (Phi) is 5.00. The van der Waals surface area contributed by atoms with Gasteiger partial charge in [0.1, 0.15) is 0 Å². The van der Waals surface area contributed by atoms with Crippen LogP contribution in [0.15, 0.2) is 24.3 Å². The highest BCUT2D eigenvalue weighted by Crippen LogP contribution is 2.18. The molecule has 0 aromatic heterocycles. The molecule has 3 nitrogen and oxygen atoms in total. The van der Waals surface area contributed by atoms with Crippen molar-refractivity contribution in [3.8, 4) is 0 Å². The van der Waals surface area contributed by atoms with Crippen molar-refractivity contribution in [1.29, 1.82) is 0 Å². The lowest BCUT2D eigenvalue weighted by atomic mass is 9.97. The fourth-order valence-electron chi connectivity index (χ4n) is 2.51. The molecule has 1 fully saturated rings. The van der Waals surface area contributed by atoms with Crippen LogP contribution in [0.25, 0.3) is 0 Å². The first-order chi connectivity index (χ1) is 8.70. The third kappa shape index (κ3) is 3.45. The van der Waals surface area contributed by atoms with Crippen LogP contribution in [0.5, 0.6) is 0 Å². The van der Waals surface area contributed by atoms with Gasteiger partial charge in [0.2, 0.25) is 0 Å². The summed E-state index contributed by atoms with van der Waals surface area (Å²) in [4.78, 5) is 14.4. The second-order valence-corrected chi connectivity index (χ2v) is 6.07. The van der Waals surface area contributed by atoms with E-state index in [1.807, 2.05) is 36.2 Å². The van der Waals surface area contributed by atoms with Gasteiger partial charge in [-0.3, -0.25) is 4.79 Å². The van der Waals surface area contributed by atoms with Gasteiger partial charge in [0, 0.05) is 22.2 Å². The number of hydrogen-bond acceptors (Lipinski definition) is 2. The lowest BCUT2D eigenvalue weighted by Gasteiger charge is -2.32. The Morgan fingerprint density at radius 3 is 3.11 bits per heavy atom. The molecule has 0 aliphatic carbocycles. The molecule has 1 aliphatic rings. The van der Waals surface area contributed by atoms with Gasteiger partial charge in [0.15, 0.2) is 0 Å². The molecular formula is C14H19IN2O. The Morgan fingerprint density at radius 2 is 2.39 bits per heavy atom. The van der Waals surface area contributed by atoms with Crippen LogP contribution in [0, 0.1) is 9.49 Å². The fourth-order valence-corrected chi connectivity index (χ4v) is 3.05. The van der Waals surface area contributed by atoms with Gasteiger partial charge in [0.05, 0.1) is 0 Å². The van der Waals surface area contributed by atoms with Gasteiger partial charge in [-0.15, -0.1) is 0 Å². The number of piperidine rings is 1. The normalized spacial score (nSPS) is 19.9. The average molecular weight is 358 g/mol. The van der Waals surface area contributed by atoms with Crippen molar-refractivity contribution < 1.29 is 4.79 Å². The summed E-state index contributed by atoms with van der Waals surface area (Å²) in [6.45, 7) is 2.77. The smallest absolute Gasteiger partial charge is 0.253 e. The van der Waals surface area contributed by atoms with Crippen molar-refractivity contribution in [2.45, 2.75) is 12.8 Å². The Hall–Kier alpha value is -0.620. The molecule has 4 heteroatoms. The largest absolute Gasteiger partial charge is 0.338 e. The maximum absolute atomic E-state index is 12.4. The summed E-state index contributed by atoms with van der Waals surface area (Å²) in [5.41, 5.74) is 0.812. The molecule has 0 bridgehead atoms. The second-order valence-electron chi connectivity index (χ2n) is 4.83. The predicted molar refractivity (Wildman–Crippen MR) is 81.7 cm³/mol. The predicted octanol–water partition coefficient (Wildman–Crippen LogP) is 2.36. The topological polar surface area (TPSA) is 32.3 Å². The molecule has 1 saturated heterocycles. The standard InChI is InChI=1S/C14H19IN2O/c1-16-9-11-4-3-7-17(10-11)14(18)12-5-2-6-13(15)8-12/h2,5-6,8,11,16H,3-4,7,9-10H2,1H3. The minimum atomic E-state index is 0.175. The molecule has 0 radical (unpaired) electrons. The minimum absolute atomic E-state index is 0.175. The summed E-state index contributed by atoms with van der Waals surface area (Å²) in [6.07, 6.45) is 2.33. The zero-order valence-electron chi connectivity index (χ0n) is 10.7. The fraction of sp³-hybridized carbons (Fsp3) is 0.500. The average Bonchev–Trinajstić information content (AvgIpc) is 2.39. The number of benzene rings is 1. The highest BCUT2D eigenvalue weighted by atomic mass is 127. The third-order valence-electron chi connectivity index (χ3n) is 3.37. The number of carbonyl (C=O) groups excluding carboxylic acids is 1. The first-order valence-corrected chi connectivity index (χ1v) is 7.48. The van der Waals surface area contributed by atoms with Gasteiger partial charge >= 0.3 is 0 Å². The van der Waals surface area contributed by atoms with Crippen LogP contribution in [0.1, 0.15) is 23.2 Å². The number of rotatable bonds is 3. The zero-order valence-corrected chi connectivity index (χ0v) is 12.8. The summed E-state index contributed by atoms with van der Waals surface area (Å²) >= 11 is 2.25. The molecule has 98 valence electrons. The van der Waals surface area contributed by atoms with Gasteiger partial charge < -0.3 is 10.2 Å². The SMILES string of the molecule is CNCC1CCCN(C(=O)c2cccc(I)c2)C1. The van der Waals surface area contributed by atoms with Crippen LogP contribution >= 0.6 is 22.6 Å². The van der Waals surface area contributed by atoms with Crippen LogP contribution in [-0.4, -0.2) is 37.5 Å². The quantitative estimate of drug-likeness (QED) is 0.842. The summed E-state index contributed by atoms with van der Waals surface area (Å²) < 4.78 is 1.11. The molecule has 1 N–H and O–H groups in total. The van der Waals surface area contributed by atoms with Gasteiger partial charge in [-0.2, -0.15) is 0 Å². The molecule has 1 aromatic carbocycles. The van der Waals surface area contributed by atoms with Crippen LogP contribution in [0.3, 0.4) is 0 Å². The van der Waals surface area contributed by atoms with Crippen LogP contribution in [-0.2, 0) is 0 Å². The Bertz CT molecular complexity index is 420. The van der Waals surface area contributed by atoms with Gasteiger partial charge in [-0.1, -0.05) is 6.07 Å². The summed E-state index contributed by atoms with van der Waals surface area (Å²) in [5.74, 6) is 0.768. The Labute approximate surface area is 122 Å².